The number of carbonyl (C=O) groups is 1. The van der Waals surface area contributed by atoms with Crippen molar-refractivity contribution in [2.24, 2.45) is 0 Å². The van der Waals surface area contributed by atoms with Crippen LogP contribution in [0.15, 0.2) is 22.6 Å². The molecule has 0 aliphatic heterocycles. The fourth-order valence-corrected chi connectivity index (χ4v) is 0.664. The second-order valence-electron chi connectivity index (χ2n) is 1.93. The highest BCUT2D eigenvalue weighted by atomic mass is 16.6. The average molecular weight is 167 g/mol. The normalized spacial score (nSPS) is 10.3. The molecule has 0 radical (unpaired) electrons. The van der Waals surface area contributed by atoms with Crippen LogP contribution in [0.5, 0.6) is 0 Å². The van der Waals surface area contributed by atoms with Gasteiger partial charge in [0.25, 0.3) is 0 Å². The number of nitro groups is 1. The van der Waals surface area contributed by atoms with E-state index in [0.717, 1.165) is 0 Å². The highest BCUT2D eigenvalue weighted by Crippen LogP contribution is 2.16. The maximum atomic E-state index is 10.1. The van der Waals surface area contributed by atoms with E-state index < -0.39 is 4.92 Å². The highest BCUT2D eigenvalue weighted by Gasteiger charge is 2.09. The first kappa shape index (κ1) is 8.19. The summed E-state index contributed by atoms with van der Waals surface area (Å²) >= 11 is 0. The molecule has 1 heterocycles. The SMILES string of the molecule is O=C/C=C/c1ccc([N+](=O)[O-])o1. The van der Waals surface area contributed by atoms with Crippen LogP contribution in [0.1, 0.15) is 5.76 Å². The Morgan fingerprint density at radius 3 is 2.75 bits per heavy atom. The fourth-order valence-electron chi connectivity index (χ4n) is 0.664. The first-order valence-electron chi connectivity index (χ1n) is 3.10. The first-order chi connectivity index (χ1) is 5.74. The molecule has 0 fully saturated rings. The molecule has 0 unspecified atom stereocenters. The molecule has 62 valence electrons. The first-order valence-corrected chi connectivity index (χ1v) is 3.10. The summed E-state index contributed by atoms with van der Waals surface area (Å²) in [6.45, 7) is 0. The van der Waals surface area contributed by atoms with Gasteiger partial charge in [0.05, 0.1) is 6.07 Å². The van der Waals surface area contributed by atoms with Crippen LogP contribution in [0.2, 0.25) is 0 Å². The van der Waals surface area contributed by atoms with Crippen molar-refractivity contribution >= 4 is 18.2 Å². The zero-order chi connectivity index (χ0) is 8.97. The maximum Gasteiger partial charge on any atom is 0.433 e. The number of hydrogen-bond acceptors (Lipinski definition) is 4. The van der Waals surface area contributed by atoms with Crippen LogP contribution in [0.25, 0.3) is 6.08 Å². The predicted molar refractivity (Wildman–Crippen MR) is 40.5 cm³/mol. The molecule has 12 heavy (non-hydrogen) atoms. The van der Waals surface area contributed by atoms with Crippen molar-refractivity contribution in [1.82, 2.24) is 0 Å². The van der Waals surface area contributed by atoms with Crippen molar-refractivity contribution in [1.29, 1.82) is 0 Å². The van der Waals surface area contributed by atoms with Gasteiger partial charge in [0.2, 0.25) is 0 Å². The van der Waals surface area contributed by atoms with Crippen molar-refractivity contribution in [2.75, 3.05) is 0 Å². The second-order valence-corrected chi connectivity index (χ2v) is 1.93. The number of hydrogen-bond donors (Lipinski definition) is 0. The zero-order valence-electron chi connectivity index (χ0n) is 5.97. The molecule has 0 aliphatic rings. The molecular weight excluding hydrogens is 162 g/mol. The number of rotatable bonds is 3. The summed E-state index contributed by atoms with van der Waals surface area (Å²) in [5.41, 5.74) is 0. The zero-order valence-corrected chi connectivity index (χ0v) is 5.97. The minimum absolute atomic E-state index is 0.286. The summed E-state index contributed by atoms with van der Waals surface area (Å²) in [5.74, 6) is -0.0469. The molecule has 1 rings (SSSR count). The number of aldehydes is 1. The minimum atomic E-state index is -0.641. The Labute approximate surface area is 67.4 Å². The summed E-state index contributed by atoms with van der Waals surface area (Å²) in [6, 6.07) is 2.64. The molecule has 1 aromatic heterocycles. The average Bonchev–Trinajstić information content (AvgIpc) is 2.48. The molecule has 0 aromatic carbocycles. The predicted octanol–water partition coefficient (Wildman–Crippen LogP) is 1.40. The molecular formula is C7H5NO4. The van der Waals surface area contributed by atoms with Crippen molar-refractivity contribution in [3.05, 3.63) is 34.1 Å². The molecule has 0 bridgehead atoms. The quantitative estimate of drug-likeness (QED) is 0.295. The van der Waals surface area contributed by atoms with Crippen molar-refractivity contribution in [3.8, 4) is 0 Å². The monoisotopic (exact) mass is 167 g/mol. The van der Waals surface area contributed by atoms with Crippen molar-refractivity contribution < 1.29 is 14.1 Å². The van der Waals surface area contributed by atoms with E-state index in [2.05, 4.69) is 0 Å². The van der Waals surface area contributed by atoms with Gasteiger partial charge in [-0.3, -0.25) is 14.9 Å². The van der Waals surface area contributed by atoms with Gasteiger partial charge in [-0.25, -0.2) is 0 Å². The molecule has 0 spiro atoms. The Morgan fingerprint density at radius 2 is 2.25 bits per heavy atom. The van der Waals surface area contributed by atoms with E-state index in [1.165, 1.54) is 24.3 Å². The third-order valence-electron chi connectivity index (χ3n) is 1.13. The summed E-state index contributed by atoms with van der Waals surface area (Å²) in [6.07, 6.45) is 3.11. The van der Waals surface area contributed by atoms with Crippen LogP contribution >= 0.6 is 0 Å². The van der Waals surface area contributed by atoms with Crippen molar-refractivity contribution in [2.45, 2.75) is 0 Å². The van der Waals surface area contributed by atoms with E-state index in [4.69, 9.17) is 4.42 Å². The lowest BCUT2D eigenvalue weighted by molar-refractivity contribution is -0.402. The van der Waals surface area contributed by atoms with Gasteiger partial charge in [-0.2, -0.15) is 0 Å². The Bertz CT molecular complexity index is 326. The Morgan fingerprint density at radius 1 is 1.50 bits per heavy atom. The van der Waals surface area contributed by atoms with Crippen LogP contribution in [-0.4, -0.2) is 11.2 Å². The van der Waals surface area contributed by atoms with Crippen LogP contribution in [-0.2, 0) is 4.79 Å². The lowest BCUT2D eigenvalue weighted by atomic mass is 10.4. The Balaban J connectivity index is 2.84. The van der Waals surface area contributed by atoms with Crippen LogP contribution in [0.3, 0.4) is 0 Å². The Kier molecular flexibility index (Phi) is 2.37. The van der Waals surface area contributed by atoms with Gasteiger partial charge in [-0.1, -0.05) is 0 Å². The number of allylic oxidation sites excluding steroid dienone is 1. The maximum absolute atomic E-state index is 10.1. The molecule has 0 amide bonds. The van der Waals surface area contributed by atoms with E-state index in [1.54, 1.807) is 0 Å². The van der Waals surface area contributed by atoms with Gasteiger partial charge >= 0.3 is 5.88 Å². The van der Waals surface area contributed by atoms with Crippen LogP contribution in [0, 0.1) is 10.1 Å². The third-order valence-corrected chi connectivity index (χ3v) is 1.13. The van der Waals surface area contributed by atoms with Crippen LogP contribution in [0.4, 0.5) is 5.88 Å². The number of furan rings is 1. The summed E-state index contributed by atoms with van der Waals surface area (Å²) in [4.78, 5) is 19.3. The van der Waals surface area contributed by atoms with Gasteiger partial charge < -0.3 is 4.42 Å². The molecule has 5 heteroatoms. The molecule has 0 aliphatic carbocycles. The number of carbonyl (C=O) groups excluding carboxylic acids is 1. The van der Waals surface area contributed by atoms with Gasteiger partial charge in [0.1, 0.15) is 17.0 Å². The van der Waals surface area contributed by atoms with Crippen LogP contribution < -0.4 is 0 Å². The van der Waals surface area contributed by atoms with E-state index in [0.29, 0.717) is 6.29 Å². The topological polar surface area (TPSA) is 73.3 Å². The number of nitrogens with zero attached hydrogens (tertiary/aromatic N) is 1. The molecule has 0 N–H and O–H groups in total. The molecule has 0 atom stereocenters. The smallest absolute Gasteiger partial charge is 0.401 e. The van der Waals surface area contributed by atoms with Gasteiger partial charge in [0.15, 0.2) is 0 Å². The molecule has 0 saturated carbocycles. The second kappa shape index (κ2) is 3.47. The highest BCUT2D eigenvalue weighted by molar-refractivity contribution is 5.72. The summed E-state index contributed by atoms with van der Waals surface area (Å²) < 4.78 is 4.70. The van der Waals surface area contributed by atoms with E-state index in [1.807, 2.05) is 0 Å². The fraction of sp³-hybridized carbons (Fsp3) is 0. The largest absolute Gasteiger partial charge is 0.433 e. The summed E-state index contributed by atoms with van der Waals surface area (Å²) in [7, 11) is 0. The minimum Gasteiger partial charge on any atom is -0.401 e. The van der Waals surface area contributed by atoms with Gasteiger partial charge in [-0.05, 0) is 18.2 Å². The van der Waals surface area contributed by atoms with Gasteiger partial charge in [-0.15, -0.1) is 0 Å². The third kappa shape index (κ3) is 1.79. The lowest BCUT2D eigenvalue weighted by Crippen LogP contribution is -1.82. The van der Waals surface area contributed by atoms with E-state index >= 15 is 0 Å². The summed E-state index contributed by atoms with van der Waals surface area (Å²) in [5, 5.41) is 10.1. The van der Waals surface area contributed by atoms with E-state index in [-0.39, 0.29) is 11.6 Å². The molecule has 0 saturated heterocycles. The Hall–Kier alpha value is -1.91. The van der Waals surface area contributed by atoms with E-state index in [9.17, 15) is 14.9 Å². The lowest BCUT2D eigenvalue weighted by Gasteiger charge is -1.81. The molecule has 5 nitrogen and oxygen atoms in total. The van der Waals surface area contributed by atoms with Crippen molar-refractivity contribution in [3.63, 3.8) is 0 Å². The van der Waals surface area contributed by atoms with Gasteiger partial charge in [0, 0.05) is 0 Å². The molecule has 1 aromatic rings. The standard InChI is InChI=1S/C7H5NO4/c9-5-1-2-6-3-4-7(12-6)8(10)11/h1-5H/b2-1+.